The third-order valence-corrected chi connectivity index (χ3v) is 8.13. The van der Waals surface area contributed by atoms with Crippen LogP contribution in [0.5, 0.6) is 0 Å². The zero-order valence-corrected chi connectivity index (χ0v) is 18.6. The van der Waals surface area contributed by atoms with E-state index in [1.165, 1.54) is 22.6 Å². The van der Waals surface area contributed by atoms with Gasteiger partial charge in [0.05, 0.1) is 30.4 Å². The average Bonchev–Trinajstić information content (AvgIpc) is 3.37. The Morgan fingerprint density at radius 1 is 1.26 bits per heavy atom. The normalized spacial score (nSPS) is 23.7. The molecular weight excluding hydrogens is 411 g/mol. The lowest BCUT2D eigenvalue weighted by atomic mass is 9.61. The summed E-state index contributed by atoms with van der Waals surface area (Å²) in [6.45, 7) is 2.45. The lowest BCUT2D eigenvalue weighted by molar-refractivity contribution is 0.104. The van der Waals surface area contributed by atoms with Gasteiger partial charge in [-0.2, -0.15) is 10.2 Å². The number of nitrogens with zero attached hydrogens (tertiary/aromatic N) is 4. The number of halogens is 1. The summed E-state index contributed by atoms with van der Waals surface area (Å²) in [5, 5.41) is 19.8. The fourth-order valence-corrected chi connectivity index (χ4v) is 6.32. The van der Waals surface area contributed by atoms with Gasteiger partial charge in [0.1, 0.15) is 5.82 Å². The first-order chi connectivity index (χ1) is 15.0. The molecule has 5 nitrogen and oxygen atoms in total. The maximum absolute atomic E-state index is 13.3. The highest BCUT2D eigenvalue weighted by Gasteiger charge is 2.44. The van der Waals surface area contributed by atoms with E-state index in [4.69, 9.17) is 0 Å². The molecule has 0 bridgehead atoms. The predicted molar refractivity (Wildman–Crippen MR) is 121 cm³/mol. The number of aliphatic hydroxyl groups excluding tert-OH is 1. The highest BCUT2D eigenvalue weighted by Crippen LogP contribution is 2.51. The summed E-state index contributed by atoms with van der Waals surface area (Å²) in [6, 6.07) is 6.43. The summed E-state index contributed by atoms with van der Waals surface area (Å²) >= 11 is 1.88. The molecule has 0 amide bonds. The van der Waals surface area contributed by atoms with Gasteiger partial charge in [-0.25, -0.2) is 9.07 Å². The predicted octanol–water partition coefficient (Wildman–Crippen LogP) is 4.64. The van der Waals surface area contributed by atoms with Crippen molar-refractivity contribution in [2.24, 2.45) is 18.4 Å². The van der Waals surface area contributed by atoms with Crippen molar-refractivity contribution in [1.29, 1.82) is 0 Å². The van der Waals surface area contributed by atoms with Crippen molar-refractivity contribution in [3.05, 3.63) is 65.5 Å². The molecule has 5 rings (SSSR count). The Morgan fingerprint density at radius 3 is 2.77 bits per heavy atom. The van der Waals surface area contributed by atoms with Crippen molar-refractivity contribution in [2.45, 2.75) is 42.8 Å². The van der Waals surface area contributed by atoms with Crippen molar-refractivity contribution in [2.75, 3.05) is 6.61 Å². The largest absolute Gasteiger partial charge is 0.395 e. The first-order valence-corrected chi connectivity index (χ1v) is 11.7. The molecule has 162 valence electrons. The molecule has 0 radical (unpaired) electrons. The Hall–Kier alpha value is -2.38. The van der Waals surface area contributed by atoms with Crippen LogP contribution < -0.4 is 0 Å². The van der Waals surface area contributed by atoms with Crippen molar-refractivity contribution < 1.29 is 9.50 Å². The van der Waals surface area contributed by atoms with E-state index in [9.17, 15) is 9.50 Å². The van der Waals surface area contributed by atoms with Crippen LogP contribution in [-0.4, -0.2) is 36.5 Å². The van der Waals surface area contributed by atoms with E-state index in [0.29, 0.717) is 11.2 Å². The van der Waals surface area contributed by atoms with E-state index in [1.54, 1.807) is 12.1 Å². The zero-order chi connectivity index (χ0) is 21.6. The third kappa shape index (κ3) is 3.74. The van der Waals surface area contributed by atoms with Crippen LogP contribution >= 0.6 is 11.8 Å². The topological polar surface area (TPSA) is 55.9 Å². The van der Waals surface area contributed by atoms with Gasteiger partial charge in [0.2, 0.25) is 0 Å². The van der Waals surface area contributed by atoms with Crippen LogP contribution in [0.3, 0.4) is 0 Å². The standard InChI is InChI=1S/C24H27FN4OS/c1-16(31-22-13-26-28(2)14-22)17-3-4-19-9-23-18(11-24(19,10-17)15-30)12-27-29(23)21-7-5-20(25)6-8-21/h5-9,12-14,16-17,30H,3-4,10-11,15H2,1-2H3. The van der Waals surface area contributed by atoms with Crippen molar-refractivity contribution in [3.63, 3.8) is 0 Å². The number of fused-ring (bicyclic) bond motifs is 2. The van der Waals surface area contributed by atoms with Gasteiger partial charge in [0.15, 0.2) is 0 Å². The van der Waals surface area contributed by atoms with Gasteiger partial charge >= 0.3 is 0 Å². The monoisotopic (exact) mass is 438 g/mol. The minimum atomic E-state index is -0.251. The number of aliphatic hydroxyl groups is 1. The molecule has 3 aromatic rings. The molecule has 2 heterocycles. The van der Waals surface area contributed by atoms with Crippen LogP contribution in [0.15, 0.2) is 53.3 Å². The molecule has 2 aromatic heterocycles. The highest BCUT2D eigenvalue weighted by molar-refractivity contribution is 8.00. The Morgan fingerprint density at radius 2 is 2.06 bits per heavy atom. The third-order valence-electron chi connectivity index (χ3n) is 6.89. The summed E-state index contributed by atoms with van der Waals surface area (Å²) in [5.74, 6) is 0.280. The number of aromatic nitrogens is 4. The van der Waals surface area contributed by atoms with E-state index >= 15 is 0 Å². The summed E-state index contributed by atoms with van der Waals surface area (Å²) in [4.78, 5) is 1.20. The minimum absolute atomic E-state index is 0.154. The molecule has 1 N–H and O–H groups in total. The molecule has 2 aliphatic carbocycles. The van der Waals surface area contributed by atoms with Gasteiger partial charge in [-0.3, -0.25) is 4.68 Å². The Balaban J connectivity index is 1.40. The second-order valence-electron chi connectivity index (χ2n) is 8.90. The molecule has 1 saturated carbocycles. The lowest BCUT2D eigenvalue weighted by Gasteiger charge is -2.45. The van der Waals surface area contributed by atoms with Gasteiger partial charge in [0.25, 0.3) is 0 Å². The van der Waals surface area contributed by atoms with Crippen LogP contribution in [0.2, 0.25) is 0 Å². The Kier molecular flexibility index (Phi) is 5.26. The van der Waals surface area contributed by atoms with Crippen LogP contribution in [0.1, 0.15) is 37.4 Å². The molecular formula is C24H27FN4OS. The number of aryl methyl sites for hydroxylation is 1. The van der Waals surface area contributed by atoms with E-state index in [-0.39, 0.29) is 17.8 Å². The van der Waals surface area contributed by atoms with E-state index in [1.807, 2.05) is 40.6 Å². The van der Waals surface area contributed by atoms with E-state index in [0.717, 1.165) is 42.6 Å². The molecule has 1 fully saturated rings. The zero-order valence-electron chi connectivity index (χ0n) is 17.8. The molecule has 31 heavy (non-hydrogen) atoms. The molecule has 3 unspecified atom stereocenters. The second kappa shape index (κ2) is 7.95. The van der Waals surface area contributed by atoms with E-state index in [2.05, 4.69) is 29.4 Å². The number of benzene rings is 1. The first-order valence-electron chi connectivity index (χ1n) is 10.8. The minimum Gasteiger partial charge on any atom is -0.395 e. The molecule has 3 atom stereocenters. The summed E-state index contributed by atoms with van der Waals surface area (Å²) in [7, 11) is 1.94. The van der Waals surface area contributed by atoms with Crippen LogP contribution in [0.4, 0.5) is 4.39 Å². The quantitative estimate of drug-likeness (QED) is 0.590. The van der Waals surface area contributed by atoms with Gasteiger partial charge in [-0.1, -0.05) is 12.5 Å². The molecule has 7 heteroatoms. The molecule has 1 aromatic carbocycles. The molecule has 0 aliphatic heterocycles. The summed E-state index contributed by atoms with van der Waals surface area (Å²) in [6.07, 6.45) is 12.0. The highest BCUT2D eigenvalue weighted by atomic mass is 32.2. The Bertz CT molecular complexity index is 1120. The molecule has 2 aliphatic rings. The van der Waals surface area contributed by atoms with Gasteiger partial charge < -0.3 is 5.11 Å². The van der Waals surface area contributed by atoms with Gasteiger partial charge in [-0.15, -0.1) is 11.8 Å². The van der Waals surface area contributed by atoms with Crippen LogP contribution in [0, 0.1) is 17.2 Å². The van der Waals surface area contributed by atoms with Crippen molar-refractivity contribution in [3.8, 4) is 5.69 Å². The van der Waals surface area contributed by atoms with Crippen molar-refractivity contribution in [1.82, 2.24) is 19.6 Å². The maximum Gasteiger partial charge on any atom is 0.123 e. The number of thioether (sulfide) groups is 1. The average molecular weight is 439 g/mol. The maximum atomic E-state index is 13.3. The van der Waals surface area contributed by atoms with Crippen molar-refractivity contribution >= 4 is 17.8 Å². The Labute approximate surface area is 186 Å². The molecule has 0 saturated heterocycles. The van der Waals surface area contributed by atoms with Crippen LogP contribution in [0.25, 0.3) is 11.8 Å². The van der Waals surface area contributed by atoms with Gasteiger partial charge in [-0.05, 0) is 67.5 Å². The number of rotatable bonds is 5. The first kappa shape index (κ1) is 20.5. The fourth-order valence-electron chi connectivity index (χ4n) is 5.14. The summed E-state index contributed by atoms with van der Waals surface area (Å²) < 4.78 is 17.1. The number of hydrogen-bond donors (Lipinski definition) is 1. The van der Waals surface area contributed by atoms with Gasteiger partial charge in [0, 0.05) is 28.8 Å². The van der Waals surface area contributed by atoms with Crippen LogP contribution in [-0.2, 0) is 13.5 Å². The smallest absolute Gasteiger partial charge is 0.123 e. The SMILES string of the molecule is CC(Sc1cnn(C)c1)C1CCC2=Cc3c(cnn3-c3ccc(F)cc3)CC2(CO)C1. The lowest BCUT2D eigenvalue weighted by Crippen LogP contribution is -2.40. The van der Waals surface area contributed by atoms with E-state index < -0.39 is 0 Å². The second-order valence-corrected chi connectivity index (χ2v) is 10.4. The number of hydrogen-bond acceptors (Lipinski definition) is 4. The molecule has 0 spiro atoms. The summed E-state index contributed by atoms with van der Waals surface area (Å²) in [5.41, 5.74) is 4.17. The fraction of sp³-hybridized carbons (Fsp3) is 0.417.